The summed E-state index contributed by atoms with van der Waals surface area (Å²) in [5, 5.41) is 4.15. The number of benzene rings is 1. The molecule has 6 nitrogen and oxygen atoms in total. The number of imidazole rings is 1. The minimum absolute atomic E-state index is 0.139. The molecule has 6 heteroatoms. The number of aryl methyl sites for hydroxylation is 1. The molecule has 0 unspecified atom stereocenters. The largest absolute Gasteiger partial charge is 0.456 e. The van der Waals surface area contributed by atoms with Gasteiger partial charge >= 0.3 is 5.97 Å². The maximum absolute atomic E-state index is 12.2. The van der Waals surface area contributed by atoms with E-state index in [1.165, 1.54) is 0 Å². The number of hydrogen-bond donors (Lipinski definition) is 0. The molecule has 0 spiro atoms. The maximum Gasteiger partial charge on any atom is 0.338 e. The van der Waals surface area contributed by atoms with E-state index in [0.717, 1.165) is 16.9 Å². The van der Waals surface area contributed by atoms with Crippen molar-refractivity contribution in [2.75, 3.05) is 0 Å². The van der Waals surface area contributed by atoms with Crippen molar-refractivity contribution in [1.29, 1.82) is 0 Å². The number of carbonyl (C=O) groups is 1. The summed E-state index contributed by atoms with van der Waals surface area (Å²) >= 11 is 0. The first kappa shape index (κ1) is 15.1. The first-order chi connectivity index (χ1) is 12.2. The van der Waals surface area contributed by atoms with E-state index in [1.54, 1.807) is 23.0 Å². The topological polar surface area (TPSA) is 61.4 Å². The van der Waals surface area contributed by atoms with Crippen molar-refractivity contribution < 1.29 is 9.53 Å². The summed E-state index contributed by atoms with van der Waals surface area (Å²) in [6.07, 6.45) is 7.41. The minimum Gasteiger partial charge on any atom is -0.456 e. The van der Waals surface area contributed by atoms with Crippen LogP contribution in [0, 0.1) is 6.92 Å². The van der Waals surface area contributed by atoms with Crippen LogP contribution in [0.25, 0.3) is 11.3 Å². The molecule has 0 atom stereocenters. The van der Waals surface area contributed by atoms with Crippen LogP contribution in [-0.4, -0.2) is 25.1 Å². The standard InChI is InChI=1S/C19H16N4O2/c1-14-3-8-18-21-16(12-22(18)11-14)13-25-19(24)15-4-6-17(7-5-15)23-10-2-9-20-23/h2-12H,13H2,1H3. The highest BCUT2D eigenvalue weighted by Crippen LogP contribution is 2.12. The lowest BCUT2D eigenvalue weighted by Crippen LogP contribution is -2.06. The highest BCUT2D eigenvalue weighted by molar-refractivity contribution is 5.89. The third kappa shape index (κ3) is 3.14. The third-order valence-corrected chi connectivity index (χ3v) is 3.87. The fraction of sp³-hybridized carbons (Fsp3) is 0.105. The molecule has 0 bridgehead atoms. The molecule has 0 fully saturated rings. The molecule has 25 heavy (non-hydrogen) atoms. The van der Waals surface area contributed by atoms with Crippen molar-refractivity contribution in [3.05, 3.63) is 84.1 Å². The molecule has 4 aromatic rings. The lowest BCUT2D eigenvalue weighted by Gasteiger charge is -2.05. The van der Waals surface area contributed by atoms with Gasteiger partial charge in [0, 0.05) is 24.8 Å². The molecular weight excluding hydrogens is 316 g/mol. The van der Waals surface area contributed by atoms with Crippen LogP contribution in [0.15, 0.2) is 67.3 Å². The van der Waals surface area contributed by atoms with Gasteiger partial charge in [-0.2, -0.15) is 5.10 Å². The van der Waals surface area contributed by atoms with E-state index in [0.29, 0.717) is 11.3 Å². The molecule has 0 saturated heterocycles. The van der Waals surface area contributed by atoms with Crippen LogP contribution < -0.4 is 0 Å². The van der Waals surface area contributed by atoms with Gasteiger partial charge in [-0.25, -0.2) is 14.5 Å². The van der Waals surface area contributed by atoms with E-state index < -0.39 is 0 Å². The summed E-state index contributed by atoms with van der Waals surface area (Å²) in [5.41, 5.74) is 4.07. The van der Waals surface area contributed by atoms with E-state index in [9.17, 15) is 4.79 Å². The zero-order valence-corrected chi connectivity index (χ0v) is 13.7. The smallest absolute Gasteiger partial charge is 0.338 e. The molecule has 0 radical (unpaired) electrons. The monoisotopic (exact) mass is 332 g/mol. The van der Waals surface area contributed by atoms with Gasteiger partial charge < -0.3 is 9.14 Å². The fourth-order valence-electron chi connectivity index (χ4n) is 2.62. The quantitative estimate of drug-likeness (QED) is 0.539. The van der Waals surface area contributed by atoms with Crippen molar-refractivity contribution >= 4 is 11.6 Å². The molecule has 4 rings (SSSR count). The predicted molar refractivity (Wildman–Crippen MR) is 92.6 cm³/mol. The Bertz CT molecular complexity index is 1020. The highest BCUT2D eigenvalue weighted by Gasteiger charge is 2.09. The van der Waals surface area contributed by atoms with Crippen LogP contribution >= 0.6 is 0 Å². The van der Waals surface area contributed by atoms with Crippen molar-refractivity contribution in [3.8, 4) is 5.69 Å². The predicted octanol–water partition coefficient (Wildman–Crippen LogP) is 3.19. The van der Waals surface area contributed by atoms with E-state index >= 15 is 0 Å². The second-order valence-corrected chi connectivity index (χ2v) is 5.78. The number of ether oxygens (including phenoxy) is 1. The minimum atomic E-state index is -0.375. The Morgan fingerprint density at radius 1 is 1.12 bits per heavy atom. The molecule has 0 N–H and O–H groups in total. The number of nitrogens with zero attached hydrogens (tertiary/aromatic N) is 4. The van der Waals surface area contributed by atoms with Gasteiger partial charge in [0.25, 0.3) is 0 Å². The number of rotatable bonds is 4. The second kappa shape index (κ2) is 6.24. The van der Waals surface area contributed by atoms with Crippen LogP contribution in [0.5, 0.6) is 0 Å². The zero-order chi connectivity index (χ0) is 17.2. The average Bonchev–Trinajstić information content (AvgIpc) is 3.29. The lowest BCUT2D eigenvalue weighted by atomic mass is 10.2. The van der Waals surface area contributed by atoms with Gasteiger partial charge in [-0.3, -0.25) is 0 Å². The molecule has 0 saturated carbocycles. The third-order valence-electron chi connectivity index (χ3n) is 3.87. The Morgan fingerprint density at radius 2 is 1.96 bits per heavy atom. The van der Waals surface area contributed by atoms with E-state index in [4.69, 9.17) is 4.74 Å². The first-order valence-electron chi connectivity index (χ1n) is 7.90. The normalized spacial score (nSPS) is 10.9. The molecule has 124 valence electrons. The number of pyridine rings is 1. The molecule has 0 aliphatic rings. The Hall–Kier alpha value is -3.41. The van der Waals surface area contributed by atoms with Crippen LogP contribution in [-0.2, 0) is 11.3 Å². The van der Waals surface area contributed by atoms with Gasteiger partial charge in [0.2, 0.25) is 0 Å². The van der Waals surface area contributed by atoms with Crippen molar-refractivity contribution in [3.63, 3.8) is 0 Å². The summed E-state index contributed by atoms with van der Waals surface area (Å²) in [4.78, 5) is 16.6. The molecule has 0 aliphatic carbocycles. The molecule has 0 amide bonds. The molecule has 3 heterocycles. The van der Waals surface area contributed by atoms with Gasteiger partial charge in [0.1, 0.15) is 12.3 Å². The van der Waals surface area contributed by atoms with Gasteiger partial charge in [0.15, 0.2) is 0 Å². The number of esters is 1. The van der Waals surface area contributed by atoms with E-state index in [1.807, 2.05) is 60.2 Å². The summed E-state index contributed by atoms with van der Waals surface area (Å²) in [7, 11) is 0. The molecule has 1 aromatic carbocycles. The van der Waals surface area contributed by atoms with Crippen LogP contribution in [0.2, 0.25) is 0 Å². The Labute approximate surface area is 144 Å². The Morgan fingerprint density at radius 3 is 2.72 bits per heavy atom. The number of fused-ring (bicyclic) bond motifs is 1. The zero-order valence-electron chi connectivity index (χ0n) is 13.7. The average molecular weight is 332 g/mol. The summed E-state index contributed by atoms with van der Waals surface area (Å²) < 4.78 is 9.03. The molecule has 0 aliphatic heterocycles. The Balaban J connectivity index is 1.44. The van der Waals surface area contributed by atoms with Crippen LogP contribution in [0.4, 0.5) is 0 Å². The number of aromatic nitrogens is 4. The first-order valence-corrected chi connectivity index (χ1v) is 7.90. The van der Waals surface area contributed by atoms with Gasteiger partial charge in [0.05, 0.1) is 16.9 Å². The molecule has 3 aromatic heterocycles. The van der Waals surface area contributed by atoms with E-state index in [-0.39, 0.29) is 12.6 Å². The van der Waals surface area contributed by atoms with Crippen molar-refractivity contribution in [1.82, 2.24) is 19.2 Å². The summed E-state index contributed by atoms with van der Waals surface area (Å²) in [5.74, 6) is -0.375. The van der Waals surface area contributed by atoms with Crippen LogP contribution in [0.1, 0.15) is 21.6 Å². The highest BCUT2D eigenvalue weighted by atomic mass is 16.5. The van der Waals surface area contributed by atoms with Crippen molar-refractivity contribution in [2.24, 2.45) is 0 Å². The van der Waals surface area contributed by atoms with Crippen molar-refractivity contribution in [2.45, 2.75) is 13.5 Å². The number of carbonyl (C=O) groups excluding carboxylic acids is 1. The molecular formula is C19H16N4O2. The van der Waals surface area contributed by atoms with E-state index in [2.05, 4.69) is 10.1 Å². The Kier molecular flexibility index (Phi) is 3.78. The van der Waals surface area contributed by atoms with Crippen LogP contribution in [0.3, 0.4) is 0 Å². The second-order valence-electron chi connectivity index (χ2n) is 5.78. The lowest BCUT2D eigenvalue weighted by molar-refractivity contribution is 0.0468. The maximum atomic E-state index is 12.2. The summed E-state index contributed by atoms with van der Waals surface area (Å²) in [6, 6.07) is 12.9. The van der Waals surface area contributed by atoms with Gasteiger partial charge in [-0.1, -0.05) is 6.07 Å². The summed E-state index contributed by atoms with van der Waals surface area (Å²) in [6.45, 7) is 2.16. The number of hydrogen-bond acceptors (Lipinski definition) is 4. The van der Waals surface area contributed by atoms with Gasteiger partial charge in [-0.05, 0) is 48.9 Å². The van der Waals surface area contributed by atoms with Gasteiger partial charge in [-0.15, -0.1) is 0 Å². The fourth-order valence-corrected chi connectivity index (χ4v) is 2.62. The SMILES string of the molecule is Cc1ccc2nc(COC(=O)c3ccc(-n4cccn4)cc3)cn2c1.